The maximum Gasteiger partial charge on any atom is 0.167 e. The van der Waals surface area contributed by atoms with Gasteiger partial charge in [-0.2, -0.15) is 6.16 Å². The molecule has 0 atom stereocenters. The summed E-state index contributed by atoms with van der Waals surface area (Å²) in [6, 6.07) is 5.43. The summed E-state index contributed by atoms with van der Waals surface area (Å²) in [7, 11) is 3.32. The molecule has 0 aromatic heterocycles. The molecule has 0 amide bonds. The first-order valence-electron chi connectivity index (χ1n) is 5.81. The van der Waals surface area contributed by atoms with Gasteiger partial charge in [-0.1, -0.05) is 6.07 Å². The minimum Gasteiger partial charge on any atom is -0.558 e. The summed E-state index contributed by atoms with van der Waals surface area (Å²) in [5.41, 5.74) is 0.550. The minimum atomic E-state index is 0.0347. The molecule has 0 N–H and O–H groups in total. The molecule has 0 saturated heterocycles. The van der Waals surface area contributed by atoms with Gasteiger partial charge in [-0.15, -0.1) is 0 Å². The van der Waals surface area contributed by atoms with Gasteiger partial charge in [-0.3, -0.25) is 4.79 Å². The number of rotatable bonds is 7. The van der Waals surface area contributed by atoms with Gasteiger partial charge in [0.2, 0.25) is 0 Å². The summed E-state index contributed by atoms with van der Waals surface area (Å²) in [5.74, 6) is 1.24. The molecular weight excluding hydrogens is 235 g/mol. The van der Waals surface area contributed by atoms with Crippen molar-refractivity contribution in [3.05, 3.63) is 23.8 Å². The van der Waals surface area contributed by atoms with Crippen molar-refractivity contribution in [2.75, 3.05) is 19.4 Å². The van der Waals surface area contributed by atoms with E-state index in [4.69, 9.17) is 9.47 Å². The lowest BCUT2D eigenvalue weighted by Gasteiger charge is -2.14. The maximum absolute atomic E-state index is 12.0. The van der Waals surface area contributed by atoms with Crippen LogP contribution in [0.3, 0.4) is 0 Å². The quantitative estimate of drug-likeness (QED) is 0.553. The Bertz CT molecular complexity index is 353. The Morgan fingerprint density at radius 1 is 1.18 bits per heavy atom. The minimum absolute atomic E-state index is 0.0347. The second kappa shape index (κ2) is 7.29. The first kappa shape index (κ1) is 14.0. The molecular formula is C13H18O3P-. The van der Waals surface area contributed by atoms with Crippen LogP contribution in [-0.4, -0.2) is 25.2 Å². The van der Waals surface area contributed by atoms with Gasteiger partial charge in [0.1, 0.15) is 17.1 Å². The van der Waals surface area contributed by atoms with Gasteiger partial charge in [-0.25, -0.2) is 0 Å². The summed E-state index contributed by atoms with van der Waals surface area (Å²) < 4.78 is 10.9. The lowest BCUT2D eigenvalue weighted by atomic mass is 10.1. The molecule has 4 heteroatoms. The molecule has 0 unspecified atom stereocenters. The largest absolute Gasteiger partial charge is 0.558 e. The average Bonchev–Trinajstić information content (AvgIpc) is 2.30. The first-order valence-corrected chi connectivity index (χ1v) is 6.51. The molecule has 0 aliphatic carbocycles. The lowest BCUT2D eigenvalue weighted by molar-refractivity contribution is 0.0982. The number of carbonyl (C=O) groups is 1. The van der Waals surface area contributed by atoms with Crippen LogP contribution in [0.4, 0.5) is 0 Å². The van der Waals surface area contributed by atoms with Crippen LogP contribution >= 0.6 is 9.24 Å². The molecule has 0 aliphatic rings. The van der Waals surface area contributed by atoms with Crippen molar-refractivity contribution in [2.45, 2.75) is 20.3 Å². The Balaban J connectivity index is 3.12. The van der Waals surface area contributed by atoms with Crippen LogP contribution in [0.25, 0.3) is 0 Å². The summed E-state index contributed by atoms with van der Waals surface area (Å²) in [6.07, 6.45) is 1.06. The third kappa shape index (κ3) is 3.71. The zero-order valence-corrected chi connectivity index (χ0v) is 11.3. The van der Waals surface area contributed by atoms with Crippen LogP contribution in [0.1, 0.15) is 30.6 Å². The van der Waals surface area contributed by atoms with E-state index in [1.165, 1.54) is 0 Å². The second-order valence-electron chi connectivity index (χ2n) is 3.42. The van der Waals surface area contributed by atoms with Crippen LogP contribution in [-0.2, 0) is 0 Å². The molecule has 1 aromatic rings. The van der Waals surface area contributed by atoms with Gasteiger partial charge >= 0.3 is 0 Å². The third-order valence-electron chi connectivity index (χ3n) is 2.22. The van der Waals surface area contributed by atoms with E-state index in [1.807, 2.05) is 19.9 Å². The molecule has 94 valence electrons. The molecule has 1 rings (SSSR count). The number of ether oxygens (including phenoxy) is 2. The first-order chi connectivity index (χ1) is 8.24. The van der Waals surface area contributed by atoms with Gasteiger partial charge in [0.05, 0.1) is 13.2 Å². The topological polar surface area (TPSA) is 35.5 Å². The van der Waals surface area contributed by atoms with Gasteiger partial charge in [0.15, 0.2) is 5.78 Å². The predicted octanol–water partition coefficient (Wildman–Crippen LogP) is 3.20. The van der Waals surface area contributed by atoms with E-state index < -0.39 is 0 Å². The summed E-state index contributed by atoms with van der Waals surface area (Å²) in [4.78, 5) is 12.0. The number of ketones is 1. The fourth-order valence-corrected chi connectivity index (χ4v) is 1.80. The smallest absolute Gasteiger partial charge is 0.167 e. The van der Waals surface area contributed by atoms with Gasteiger partial charge in [0.25, 0.3) is 0 Å². The lowest BCUT2D eigenvalue weighted by Crippen LogP contribution is -2.08. The van der Waals surface area contributed by atoms with Crippen molar-refractivity contribution in [3.8, 4) is 11.5 Å². The van der Waals surface area contributed by atoms with E-state index in [0.717, 1.165) is 0 Å². The van der Waals surface area contributed by atoms with Crippen molar-refractivity contribution in [1.29, 1.82) is 0 Å². The van der Waals surface area contributed by atoms with E-state index >= 15 is 0 Å². The molecule has 0 saturated carbocycles. The van der Waals surface area contributed by atoms with E-state index in [2.05, 4.69) is 9.24 Å². The van der Waals surface area contributed by atoms with Gasteiger partial charge < -0.3 is 18.7 Å². The predicted molar refractivity (Wildman–Crippen MR) is 70.9 cm³/mol. The standard InChI is InChI=1S/C13H18O3P/c1-3-15-11-6-5-7-12(16-4-2)13(11)10(14)8-9-17/h5-7,17H,3-4,8-9H2,1-2H3/q-1. The number of hydrogen-bond donors (Lipinski definition) is 0. The molecule has 17 heavy (non-hydrogen) atoms. The summed E-state index contributed by atoms with van der Waals surface area (Å²) in [5, 5.41) is 0. The highest BCUT2D eigenvalue weighted by molar-refractivity contribution is 7.16. The van der Waals surface area contributed by atoms with E-state index in [1.54, 1.807) is 12.1 Å². The Kier molecular flexibility index (Phi) is 5.99. The molecule has 0 radical (unpaired) electrons. The molecule has 0 aliphatic heterocycles. The Hall–Kier alpha value is -1.08. The number of Topliss-reactive ketones (excluding diaryl/α,β-unsaturated/α-hetero) is 1. The summed E-state index contributed by atoms with van der Waals surface area (Å²) >= 11 is 0. The average molecular weight is 253 g/mol. The van der Waals surface area contributed by atoms with Crippen molar-refractivity contribution < 1.29 is 14.3 Å². The van der Waals surface area contributed by atoms with Crippen LogP contribution in [0.5, 0.6) is 11.5 Å². The second-order valence-corrected chi connectivity index (χ2v) is 3.92. The Morgan fingerprint density at radius 2 is 1.71 bits per heavy atom. The highest BCUT2D eigenvalue weighted by Crippen LogP contribution is 2.30. The Labute approximate surface area is 105 Å². The molecule has 3 nitrogen and oxygen atoms in total. The monoisotopic (exact) mass is 253 g/mol. The van der Waals surface area contributed by atoms with Crippen molar-refractivity contribution in [1.82, 2.24) is 0 Å². The normalized spacial score (nSPS) is 10.1. The van der Waals surface area contributed by atoms with E-state index in [0.29, 0.717) is 42.9 Å². The number of hydrogen-bond acceptors (Lipinski definition) is 3. The zero-order chi connectivity index (χ0) is 12.7. The molecule has 0 fully saturated rings. The zero-order valence-electron chi connectivity index (χ0n) is 10.3. The van der Waals surface area contributed by atoms with Crippen molar-refractivity contribution in [3.63, 3.8) is 0 Å². The molecule has 0 bridgehead atoms. The highest BCUT2D eigenvalue weighted by Gasteiger charge is 2.16. The summed E-state index contributed by atoms with van der Waals surface area (Å²) in [6.45, 7) is 4.85. The fraction of sp³-hybridized carbons (Fsp3) is 0.462. The van der Waals surface area contributed by atoms with Crippen LogP contribution in [0.2, 0.25) is 0 Å². The van der Waals surface area contributed by atoms with Crippen molar-refractivity contribution >= 4 is 15.0 Å². The Morgan fingerprint density at radius 3 is 2.12 bits per heavy atom. The molecule has 0 heterocycles. The third-order valence-corrected chi connectivity index (χ3v) is 2.47. The van der Waals surface area contributed by atoms with Gasteiger partial charge in [-0.05, 0) is 32.4 Å². The SMILES string of the molecule is CCOc1cccc(OCC)c1C(=O)CC[PH-]. The molecule has 1 aromatic carbocycles. The van der Waals surface area contributed by atoms with Crippen LogP contribution in [0, 0.1) is 0 Å². The number of carbonyl (C=O) groups excluding carboxylic acids is 1. The molecule has 0 spiro atoms. The van der Waals surface area contributed by atoms with Gasteiger partial charge in [0, 0.05) is 0 Å². The van der Waals surface area contributed by atoms with E-state index in [-0.39, 0.29) is 5.78 Å². The van der Waals surface area contributed by atoms with Crippen LogP contribution < -0.4 is 9.47 Å². The fourth-order valence-electron chi connectivity index (χ4n) is 1.58. The van der Waals surface area contributed by atoms with E-state index in [9.17, 15) is 4.79 Å². The highest BCUT2D eigenvalue weighted by atomic mass is 31.0. The van der Waals surface area contributed by atoms with Crippen molar-refractivity contribution in [2.24, 2.45) is 0 Å². The maximum atomic E-state index is 12.0. The van der Waals surface area contributed by atoms with Crippen LogP contribution in [0.15, 0.2) is 18.2 Å². The number of benzene rings is 1.